The van der Waals surface area contributed by atoms with Crippen molar-refractivity contribution in [2.24, 2.45) is 0 Å². The highest BCUT2D eigenvalue weighted by Gasteiger charge is 2.23. The molecule has 17 aromatic carbocycles. The molecule has 0 aliphatic heterocycles. The van der Waals surface area contributed by atoms with Crippen LogP contribution in [0.15, 0.2) is 336 Å². The van der Waals surface area contributed by atoms with E-state index in [1.807, 2.05) is 212 Å². The fourth-order valence-electron chi connectivity index (χ4n) is 13.5. The van der Waals surface area contributed by atoms with Crippen LogP contribution in [0.1, 0.15) is 21.9 Å². The Morgan fingerprint density at radius 2 is 0.511 bits per heavy atom. The van der Waals surface area contributed by atoms with Crippen LogP contribution in [-0.2, 0) is 0 Å². The lowest BCUT2D eigenvalue weighted by atomic mass is 9.84. The Balaban J connectivity index is 0.000000151. The Morgan fingerprint density at radius 3 is 0.944 bits per heavy atom. The van der Waals surface area contributed by atoms with E-state index >= 15 is 0 Å². The van der Waals surface area contributed by atoms with Crippen LogP contribution in [0.5, 0.6) is 0 Å². The standard InChI is InChI=1S/C46H28O.C42H26O/c1-2-11-29(12-3-1)32-21-22-34-26-35(24-23-33(34)25-32)44-36-15-6-8-17-38(36)45(39-18-9-7-16-37(39)44)40-19-10-20-42-46(40)41-27-30-13-4-5-14-31(30)28-43(41)47-42;1-2-12-27(13-3-1)28-16-10-17-31(24-28)40-32-18-6-8-20-34(32)41(35-21-9-7-19-33(35)40)36-22-11-23-38-42(36)37-25-29-14-4-5-15-30(29)26-39(37)43-38/h1-28H;1-26H/i6D,7D,8D,9D,15D,16D,17D,18D;6D,7D,8D,9D,18D,19D,20D,21D. The zero-order valence-electron chi connectivity index (χ0n) is 63.8. The second kappa shape index (κ2) is 21.0. The fraction of sp³-hybridized carbons (Fsp3) is 0. The Labute approximate surface area is 541 Å². The monoisotopic (exact) mass is 1160 g/mol. The zero-order valence-corrected chi connectivity index (χ0v) is 47.8. The van der Waals surface area contributed by atoms with Crippen molar-refractivity contribution in [1.82, 2.24) is 0 Å². The predicted octanol–water partition coefficient (Wildman–Crippen LogP) is 25.2. The summed E-state index contributed by atoms with van der Waals surface area (Å²) in [5.74, 6) is 0. The van der Waals surface area contributed by atoms with Crippen molar-refractivity contribution in [2.75, 3.05) is 0 Å². The van der Waals surface area contributed by atoms with E-state index in [2.05, 4.69) is 6.07 Å². The van der Waals surface area contributed by atoms with Gasteiger partial charge in [-0.05, 0) is 197 Å². The summed E-state index contributed by atoms with van der Waals surface area (Å²) in [6.45, 7) is 0. The van der Waals surface area contributed by atoms with Crippen molar-refractivity contribution in [3.63, 3.8) is 0 Å². The molecule has 0 saturated carbocycles. The van der Waals surface area contributed by atoms with Gasteiger partial charge in [-0.3, -0.25) is 0 Å². The lowest BCUT2D eigenvalue weighted by Gasteiger charge is -2.18. The molecule has 90 heavy (non-hydrogen) atoms. The van der Waals surface area contributed by atoms with Crippen LogP contribution in [0.25, 0.3) is 186 Å². The molecule has 0 spiro atoms. The molecule has 0 N–H and O–H groups in total. The number of rotatable bonds is 6. The van der Waals surface area contributed by atoms with E-state index < -0.39 is 48.3 Å². The highest BCUT2D eigenvalue weighted by Crippen LogP contribution is 2.50. The second-order valence-electron chi connectivity index (χ2n) is 22.5. The summed E-state index contributed by atoms with van der Waals surface area (Å²) >= 11 is 0. The lowest BCUT2D eigenvalue weighted by molar-refractivity contribution is 0.669. The molecule has 0 unspecified atom stereocenters. The normalized spacial score (nSPS) is 14.3. The van der Waals surface area contributed by atoms with Gasteiger partial charge in [-0.2, -0.15) is 0 Å². The van der Waals surface area contributed by atoms with E-state index in [-0.39, 0.29) is 91.4 Å². The molecule has 19 aromatic rings. The molecule has 19 rings (SSSR count). The molecule has 0 radical (unpaired) electrons. The zero-order chi connectivity index (χ0) is 73.2. The first-order valence-electron chi connectivity index (χ1n) is 37.6. The quantitative estimate of drug-likeness (QED) is 0.155. The van der Waals surface area contributed by atoms with Gasteiger partial charge in [0.15, 0.2) is 0 Å². The molecule has 0 saturated heterocycles. The summed E-state index contributed by atoms with van der Waals surface area (Å²) in [5.41, 5.74) is 9.65. The Morgan fingerprint density at radius 1 is 0.200 bits per heavy atom. The molecule has 2 heteroatoms. The minimum Gasteiger partial charge on any atom is -0.456 e. The summed E-state index contributed by atoms with van der Waals surface area (Å²) in [4.78, 5) is 0. The summed E-state index contributed by atoms with van der Waals surface area (Å²) < 4.78 is 159. The van der Waals surface area contributed by atoms with E-state index in [0.29, 0.717) is 77.6 Å². The highest BCUT2D eigenvalue weighted by atomic mass is 16.3. The van der Waals surface area contributed by atoms with Crippen LogP contribution >= 0.6 is 0 Å². The van der Waals surface area contributed by atoms with Crippen LogP contribution in [-0.4, -0.2) is 0 Å². The van der Waals surface area contributed by atoms with Crippen LogP contribution in [0, 0.1) is 0 Å². The van der Waals surface area contributed by atoms with Gasteiger partial charge >= 0.3 is 0 Å². The van der Waals surface area contributed by atoms with Crippen LogP contribution in [0.2, 0.25) is 0 Å². The molecular formula is C88H54O2. The molecule has 0 amide bonds. The summed E-state index contributed by atoms with van der Waals surface area (Å²) in [7, 11) is 0. The summed E-state index contributed by atoms with van der Waals surface area (Å²) in [6, 6.07) is 68.0. The molecule has 0 bridgehead atoms. The van der Waals surface area contributed by atoms with Gasteiger partial charge in [0.25, 0.3) is 0 Å². The Bertz CT molecular complexity index is 6930. The Kier molecular flexibility index (Phi) is 8.77. The van der Waals surface area contributed by atoms with Crippen molar-refractivity contribution >= 4 is 119 Å². The van der Waals surface area contributed by atoms with Gasteiger partial charge < -0.3 is 8.83 Å². The summed E-state index contributed by atoms with van der Waals surface area (Å²) in [6.07, 6.45) is 0. The number of benzene rings is 17. The van der Waals surface area contributed by atoms with E-state index in [1.165, 1.54) is 0 Å². The van der Waals surface area contributed by atoms with Gasteiger partial charge in [0.05, 0.1) is 21.9 Å². The van der Waals surface area contributed by atoms with Crippen molar-refractivity contribution in [3.8, 4) is 66.8 Å². The third-order valence-electron chi connectivity index (χ3n) is 17.5. The van der Waals surface area contributed by atoms with E-state index in [0.717, 1.165) is 65.3 Å². The molecule has 418 valence electrons. The van der Waals surface area contributed by atoms with Crippen LogP contribution in [0.3, 0.4) is 0 Å². The minimum absolute atomic E-state index is 0.167. The average Bonchev–Trinajstić information content (AvgIpc) is 0.874. The third-order valence-corrected chi connectivity index (χ3v) is 17.5. The molecule has 0 aliphatic rings. The van der Waals surface area contributed by atoms with Crippen LogP contribution in [0.4, 0.5) is 0 Å². The van der Waals surface area contributed by atoms with Gasteiger partial charge in [0.1, 0.15) is 22.3 Å². The lowest BCUT2D eigenvalue weighted by Crippen LogP contribution is -1.91. The van der Waals surface area contributed by atoms with Crippen LogP contribution < -0.4 is 0 Å². The van der Waals surface area contributed by atoms with E-state index in [1.54, 1.807) is 12.1 Å². The topological polar surface area (TPSA) is 26.3 Å². The molecule has 2 heterocycles. The number of fused-ring (bicyclic) bond motifs is 13. The van der Waals surface area contributed by atoms with Gasteiger partial charge in [-0.25, -0.2) is 0 Å². The maximum absolute atomic E-state index is 9.44. The predicted molar refractivity (Wildman–Crippen MR) is 383 cm³/mol. The maximum atomic E-state index is 9.44. The fourth-order valence-corrected chi connectivity index (χ4v) is 13.5. The average molecular weight is 1160 g/mol. The molecule has 2 aromatic heterocycles. The first-order chi connectivity index (χ1) is 51.3. The second-order valence-corrected chi connectivity index (χ2v) is 22.5. The van der Waals surface area contributed by atoms with Gasteiger partial charge in [-0.15, -0.1) is 0 Å². The molecule has 0 aliphatic carbocycles. The molecule has 0 atom stereocenters. The third kappa shape index (κ3) is 8.41. The summed E-state index contributed by atoms with van der Waals surface area (Å²) in [5, 5.41) is 10.0. The molecule has 2 nitrogen and oxygen atoms in total. The van der Waals surface area contributed by atoms with E-state index in [9.17, 15) is 11.0 Å². The molecule has 0 fully saturated rings. The van der Waals surface area contributed by atoms with Crippen molar-refractivity contribution in [2.45, 2.75) is 0 Å². The highest BCUT2D eigenvalue weighted by molar-refractivity contribution is 6.28. The van der Waals surface area contributed by atoms with Crippen molar-refractivity contribution in [1.29, 1.82) is 0 Å². The number of hydrogen-bond donors (Lipinski definition) is 0. The van der Waals surface area contributed by atoms with Gasteiger partial charge in [0, 0.05) is 21.5 Å². The van der Waals surface area contributed by atoms with E-state index in [4.69, 9.17) is 19.8 Å². The first kappa shape index (κ1) is 37.7. The SMILES string of the molecule is [2H]c1c([2H])c([2H])c2c(-c3cccc4oc5cc6ccccc6cc5c34)c3c([2H])c([2H])c([2H])c([2H])c3c(-c3ccc4cc(-c5ccccc5)ccc4c3)c2c1[2H].[2H]c1c([2H])c([2H])c2c(-c3cccc4oc5cc6ccccc6cc5c34)c3c([2H])c([2H])c([2H])c([2H])c3c(-c3cccc(-c4ccccc4)c3)c2c1[2H]. The smallest absolute Gasteiger partial charge is 0.136 e. The van der Waals surface area contributed by atoms with Gasteiger partial charge in [-0.1, -0.05) is 273 Å². The minimum atomic E-state index is -0.438. The van der Waals surface area contributed by atoms with Crippen molar-refractivity contribution in [3.05, 3.63) is 327 Å². The largest absolute Gasteiger partial charge is 0.456 e. The van der Waals surface area contributed by atoms with Crippen molar-refractivity contribution < 1.29 is 30.8 Å². The number of hydrogen-bond acceptors (Lipinski definition) is 2. The van der Waals surface area contributed by atoms with Gasteiger partial charge in [0.2, 0.25) is 0 Å². The molecular weight excluding hydrogens is 1090 g/mol. The first-order valence-corrected chi connectivity index (χ1v) is 29.6. The number of furan rings is 2. The maximum Gasteiger partial charge on any atom is 0.136 e. The Hall–Kier alpha value is -11.8.